The first-order valence-electron chi connectivity index (χ1n) is 36.7. The average molecular weight is 1410 g/mol. The number of allylic oxidation sites excluding steroid dienone is 25. The zero-order valence-corrected chi connectivity index (χ0v) is 62.2. The number of unbranched alkanes of at least 4 members (excludes halogenated alkanes) is 16. The quantitative estimate of drug-likeness (QED) is 0.0169. The lowest BCUT2D eigenvalue weighted by molar-refractivity contribution is -0.161. The van der Waals surface area contributed by atoms with E-state index in [1.54, 1.807) is 12.2 Å². The van der Waals surface area contributed by atoms with Gasteiger partial charge in [0.2, 0.25) is 0 Å². The van der Waals surface area contributed by atoms with Crippen LogP contribution in [0.1, 0.15) is 259 Å². The number of esters is 4. The molecular weight excluding hydrogens is 1280 g/mol. The van der Waals surface area contributed by atoms with Crippen molar-refractivity contribution in [3.05, 3.63) is 158 Å². The fourth-order valence-corrected chi connectivity index (χ4v) is 10.5. The SMILES string of the molecule is CC/C=C\C/C=C\C/C=C\C/C=C\C/C=C\C/C=C\CCC(=O)OCC(COP(=O)(O)OCC(O)COP(=O)(O)OCC(COC(=O)CCCCCCC/C=C\CCCCCC)OC(=O)CCCCCCC/C=C\CCCC)OC(=O)C/C=C\C/C=C\C/C=C\C/C=C\C/C=C\CC. The van der Waals surface area contributed by atoms with Crippen LogP contribution in [0.2, 0.25) is 0 Å². The van der Waals surface area contributed by atoms with Crippen LogP contribution in [0.15, 0.2) is 158 Å². The van der Waals surface area contributed by atoms with Crippen molar-refractivity contribution in [1.29, 1.82) is 0 Å². The van der Waals surface area contributed by atoms with Gasteiger partial charge < -0.3 is 33.8 Å². The number of carbonyl (C=O) groups is 4. The van der Waals surface area contributed by atoms with Crippen molar-refractivity contribution in [3.63, 3.8) is 0 Å². The molecule has 556 valence electrons. The van der Waals surface area contributed by atoms with Gasteiger partial charge in [0.15, 0.2) is 12.2 Å². The summed E-state index contributed by atoms with van der Waals surface area (Å²) in [6, 6.07) is 0. The second-order valence-electron chi connectivity index (χ2n) is 23.8. The number of hydrogen-bond acceptors (Lipinski definition) is 15. The third-order valence-corrected chi connectivity index (χ3v) is 16.4. The zero-order chi connectivity index (χ0) is 71.8. The highest BCUT2D eigenvalue weighted by Crippen LogP contribution is 2.45. The van der Waals surface area contributed by atoms with Gasteiger partial charge >= 0.3 is 39.5 Å². The lowest BCUT2D eigenvalue weighted by atomic mass is 10.1. The molecule has 0 aliphatic carbocycles. The molecule has 0 heterocycles. The number of phosphoric ester groups is 2. The number of phosphoric acid groups is 2. The number of ether oxygens (including phenoxy) is 4. The summed E-state index contributed by atoms with van der Waals surface area (Å²) in [6.07, 6.45) is 80.2. The highest BCUT2D eigenvalue weighted by molar-refractivity contribution is 7.47. The largest absolute Gasteiger partial charge is 0.472 e. The maximum atomic E-state index is 13.0. The number of rotatable bonds is 67. The molecule has 0 spiro atoms. The van der Waals surface area contributed by atoms with Crippen LogP contribution in [-0.2, 0) is 65.4 Å². The molecule has 0 radical (unpaired) electrons. The first-order chi connectivity index (χ1) is 47.7. The third-order valence-electron chi connectivity index (χ3n) is 14.5. The summed E-state index contributed by atoms with van der Waals surface area (Å²) in [4.78, 5) is 72.6. The summed E-state index contributed by atoms with van der Waals surface area (Å²) in [7, 11) is -10.0. The molecule has 19 heteroatoms. The standard InChI is InChI=1S/C79H128O17P2/c1-5-9-13-17-21-25-29-32-34-35-36-37-39-41-45-48-52-56-60-64-77(82)90-70-75(96-79(84)66-62-58-54-50-46-42-38-33-30-26-22-18-14-10-6-2)72-94-98(87,88)92-68-73(80)67-91-97(85,86)93-71-74(95-78(83)65-61-57-53-49-43-28-24-20-16-12-8-4)69-89-76(81)63-59-55-51-47-44-40-31-27-23-19-15-11-7-3/h9-10,13-14,20-22,24-27,31-34,36-38,41,45-46,50,52,56,58,62,73-75,80H,5-8,11-12,15-19,23,28-30,35,39-40,42-44,47-49,51,53-55,57,59-61,63-72H2,1-4H3,(H,85,86)(H,87,88)/b13-9-,14-10-,24-20-,25-21-,26-22-,31-27-,34-32-,37-36-,38-33-,45-41-,50-46-,56-52-,62-58-. The third kappa shape index (κ3) is 69.2. The predicted molar refractivity (Wildman–Crippen MR) is 399 cm³/mol. The van der Waals surface area contributed by atoms with Gasteiger partial charge in [-0.05, 0) is 135 Å². The molecule has 0 amide bonds. The van der Waals surface area contributed by atoms with Crippen LogP contribution in [0.5, 0.6) is 0 Å². The molecule has 0 aromatic rings. The first kappa shape index (κ1) is 92.7. The predicted octanol–water partition coefficient (Wildman–Crippen LogP) is 20.9. The van der Waals surface area contributed by atoms with E-state index >= 15 is 0 Å². The molecule has 0 rings (SSSR count). The average Bonchev–Trinajstić information content (AvgIpc) is 0.992. The van der Waals surface area contributed by atoms with E-state index in [-0.39, 0.29) is 25.7 Å². The van der Waals surface area contributed by atoms with Gasteiger partial charge in [0.05, 0.1) is 32.8 Å². The smallest absolute Gasteiger partial charge is 0.462 e. The minimum Gasteiger partial charge on any atom is -0.462 e. The van der Waals surface area contributed by atoms with Gasteiger partial charge in [0, 0.05) is 19.3 Å². The van der Waals surface area contributed by atoms with Gasteiger partial charge in [-0.15, -0.1) is 0 Å². The number of aliphatic hydroxyl groups excluding tert-OH is 1. The van der Waals surface area contributed by atoms with Crippen LogP contribution in [0, 0.1) is 0 Å². The van der Waals surface area contributed by atoms with Crippen molar-refractivity contribution in [3.8, 4) is 0 Å². The molecule has 0 saturated carbocycles. The van der Waals surface area contributed by atoms with Crippen molar-refractivity contribution in [1.82, 2.24) is 0 Å². The molecule has 0 aromatic heterocycles. The van der Waals surface area contributed by atoms with Gasteiger partial charge in [-0.1, -0.05) is 256 Å². The summed E-state index contributed by atoms with van der Waals surface area (Å²) in [6.45, 7) is 4.33. The summed E-state index contributed by atoms with van der Waals surface area (Å²) < 4.78 is 68.1. The summed E-state index contributed by atoms with van der Waals surface area (Å²) >= 11 is 0. The Balaban J connectivity index is 5.49. The summed E-state index contributed by atoms with van der Waals surface area (Å²) in [5.74, 6) is -2.46. The van der Waals surface area contributed by atoms with Crippen molar-refractivity contribution in [2.45, 2.75) is 277 Å². The lowest BCUT2D eigenvalue weighted by Crippen LogP contribution is -2.30. The first-order valence-corrected chi connectivity index (χ1v) is 39.7. The Labute approximate surface area is 591 Å². The highest BCUT2D eigenvalue weighted by atomic mass is 31.2. The number of hydrogen-bond donors (Lipinski definition) is 3. The van der Waals surface area contributed by atoms with E-state index in [0.717, 1.165) is 135 Å². The summed E-state index contributed by atoms with van der Waals surface area (Å²) in [5, 5.41) is 10.6. The van der Waals surface area contributed by atoms with Crippen molar-refractivity contribution >= 4 is 39.5 Å². The Morgan fingerprint density at radius 2 is 0.602 bits per heavy atom. The Morgan fingerprint density at radius 1 is 0.306 bits per heavy atom. The van der Waals surface area contributed by atoms with E-state index in [0.29, 0.717) is 32.1 Å². The van der Waals surface area contributed by atoms with E-state index < -0.39 is 97.5 Å². The Hall–Kier alpha value is -5.32. The van der Waals surface area contributed by atoms with E-state index in [1.165, 1.54) is 38.5 Å². The van der Waals surface area contributed by atoms with E-state index in [1.807, 2.05) is 30.4 Å². The minimum atomic E-state index is -5.02. The van der Waals surface area contributed by atoms with Crippen LogP contribution in [0.4, 0.5) is 0 Å². The van der Waals surface area contributed by atoms with Gasteiger partial charge in [0.25, 0.3) is 0 Å². The second-order valence-corrected chi connectivity index (χ2v) is 26.7. The molecule has 0 fully saturated rings. The topological polar surface area (TPSA) is 237 Å². The second kappa shape index (κ2) is 70.1. The highest BCUT2D eigenvalue weighted by Gasteiger charge is 2.30. The van der Waals surface area contributed by atoms with Crippen LogP contribution >= 0.6 is 15.6 Å². The van der Waals surface area contributed by atoms with Crippen LogP contribution in [0.25, 0.3) is 0 Å². The van der Waals surface area contributed by atoms with Crippen molar-refractivity contribution in [2.75, 3.05) is 39.6 Å². The normalized spacial score (nSPS) is 14.9. The maximum Gasteiger partial charge on any atom is 0.472 e. The van der Waals surface area contributed by atoms with E-state index in [9.17, 15) is 43.2 Å². The monoisotopic (exact) mass is 1410 g/mol. The Bertz CT molecular complexity index is 2480. The van der Waals surface area contributed by atoms with Crippen molar-refractivity contribution in [2.24, 2.45) is 0 Å². The number of aliphatic hydroxyl groups is 1. The minimum absolute atomic E-state index is 0.0110. The summed E-state index contributed by atoms with van der Waals surface area (Å²) in [5.41, 5.74) is 0. The zero-order valence-electron chi connectivity index (χ0n) is 60.4. The molecule has 0 aliphatic heterocycles. The fraction of sp³-hybridized carbons (Fsp3) is 0.620. The molecule has 5 atom stereocenters. The Kier molecular flexibility index (Phi) is 66.3. The molecular formula is C79H128O17P2. The number of carbonyl (C=O) groups excluding carboxylic acids is 4. The fourth-order valence-electron chi connectivity index (χ4n) is 8.94. The van der Waals surface area contributed by atoms with Gasteiger partial charge in [-0.3, -0.25) is 37.3 Å². The maximum absolute atomic E-state index is 13.0. The molecule has 0 aromatic carbocycles. The van der Waals surface area contributed by atoms with Crippen LogP contribution in [0.3, 0.4) is 0 Å². The molecule has 0 bridgehead atoms. The molecule has 0 saturated heterocycles. The van der Waals surface area contributed by atoms with Gasteiger partial charge in [-0.25, -0.2) is 9.13 Å². The van der Waals surface area contributed by atoms with Gasteiger partial charge in [-0.2, -0.15) is 0 Å². The van der Waals surface area contributed by atoms with E-state index in [4.69, 9.17) is 37.0 Å². The lowest BCUT2D eigenvalue weighted by Gasteiger charge is -2.21. The van der Waals surface area contributed by atoms with Gasteiger partial charge in [0.1, 0.15) is 19.3 Å². The molecule has 17 nitrogen and oxygen atoms in total. The Morgan fingerprint density at radius 3 is 1.00 bits per heavy atom. The molecule has 98 heavy (non-hydrogen) atoms. The van der Waals surface area contributed by atoms with E-state index in [2.05, 4.69) is 143 Å². The van der Waals surface area contributed by atoms with Crippen molar-refractivity contribution < 1.29 is 80.2 Å². The molecule has 5 unspecified atom stereocenters. The van der Waals surface area contributed by atoms with Crippen LogP contribution in [-0.4, -0.2) is 96.7 Å². The molecule has 3 N–H and O–H groups in total. The molecule has 0 aliphatic rings. The van der Waals surface area contributed by atoms with Crippen LogP contribution < -0.4 is 0 Å².